The summed E-state index contributed by atoms with van der Waals surface area (Å²) >= 11 is 7.99. The number of aromatic nitrogens is 1. The molecule has 0 unspecified atom stereocenters. The zero-order valence-corrected chi connectivity index (χ0v) is 20.0. The number of halogens is 1. The Morgan fingerprint density at radius 3 is 2.61 bits per heavy atom. The van der Waals surface area contributed by atoms with E-state index in [1.54, 1.807) is 29.4 Å². The highest BCUT2D eigenvalue weighted by atomic mass is 35.5. The zero-order valence-electron chi connectivity index (χ0n) is 18.5. The lowest BCUT2D eigenvalue weighted by atomic mass is 9.94. The van der Waals surface area contributed by atoms with Gasteiger partial charge in [-0.3, -0.25) is 14.6 Å². The first-order chi connectivity index (χ1) is 16.1. The van der Waals surface area contributed by atoms with Gasteiger partial charge in [0.2, 0.25) is 11.8 Å². The van der Waals surface area contributed by atoms with Gasteiger partial charge in [-0.15, -0.1) is 11.3 Å². The minimum absolute atomic E-state index is 0.120. The Bertz CT molecular complexity index is 1050. The predicted molar refractivity (Wildman–Crippen MR) is 132 cm³/mol. The molecule has 1 aromatic carbocycles. The summed E-state index contributed by atoms with van der Waals surface area (Å²) in [5.41, 5.74) is 1.50. The SMILES string of the molecule is O=C(NC1CCCCC1)[C@H](c1cccnc1)N(Cc1ccccc1Cl)C(=O)Cc1cccs1. The molecule has 2 amide bonds. The first-order valence-electron chi connectivity index (χ1n) is 11.4. The fourth-order valence-electron chi connectivity index (χ4n) is 4.33. The molecule has 0 saturated heterocycles. The number of benzene rings is 1. The van der Waals surface area contributed by atoms with Gasteiger partial charge in [-0.05, 0) is 42.0 Å². The van der Waals surface area contributed by atoms with Crippen molar-refractivity contribution >= 4 is 34.8 Å². The van der Waals surface area contributed by atoms with Crippen molar-refractivity contribution in [2.45, 2.75) is 57.2 Å². The van der Waals surface area contributed by atoms with Crippen LogP contribution in [0.1, 0.15) is 54.1 Å². The van der Waals surface area contributed by atoms with E-state index in [-0.39, 0.29) is 30.8 Å². The highest BCUT2D eigenvalue weighted by Crippen LogP contribution is 2.28. The molecule has 3 aromatic rings. The molecule has 4 rings (SSSR count). The number of hydrogen-bond acceptors (Lipinski definition) is 4. The van der Waals surface area contributed by atoms with E-state index in [1.165, 1.54) is 17.8 Å². The molecule has 2 heterocycles. The van der Waals surface area contributed by atoms with Crippen LogP contribution in [0.2, 0.25) is 5.02 Å². The zero-order chi connectivity index (χ0) is 23.0. The van der Waals surface area contributed by atoms with Crippen molar-refractivity contribution < 1.29 is 9.59 Å². The number of thiophene rings is 1. The number of rotatable bonds is 8. The third-order valence-corrected chi connectivity index (χ3v) is 7.28. The molecule has 0 aliphatic heterocycles. The smallest absolute Gasteiger partial charge is 0.247 e. The molecule has 2 aromatic heterocycles. The van der Waals surface area contributed by atoms with Crippen LogP contribution in [0, 0.1) is 0 Å². The molecular weight excluding hydrogens is 454 g/mol. The van der Waals surface area contributed by atoms with Gasteiger partial charge in [-0.25, -0.2) is 0 Å². The third-order valence-electron chi connectivity index (χ3n) is 6.04. The van der Waals surface area contributed by atoms with Crippen molar-refractivity contribution in [3.05, 3.63) is 87.3 Å². The molecule has 0 bridgehead atoms. The minimum Gasteiger partial charge on any atom is -0.351 e. The Balaban J connectivity index is 1.68. The van der Waals surface area contributed by atoms with Crippen LogP contribution in [0.4, 0.5) is 0 Å². The fraction of sp³-hybridized carbons (Fsp3) is 0.346. The van der Waals surface area contributed by atoms with Crippen LogP contribution in [0.25, 0.3) is 0 Å². The molecule has 5 nitrogen and oxygen atoms in total. The number of carbonyl (C=O) groups excluding carboxylic acids is 2. The maximum Gasteiger partial charge on any atom is 0.247 e. The Morgan fingerprint density at radius 2 is 1.91 bits per heavy atom. The van der Waals surface area contributed by atoms with Crippen molar-refractivity contribution in [1.29, 1.82) is 0 Å². The van der Waals surface area contributed by atoms with Crippen molar-refractivity contribution in [2.24, 2.45) is 0 Å². The number of pyridine rings is 1. The lowest BCUT2D eigenvalue weighted by molar-refractivity contribution is -0.141. The number of nitrogens with one attached hydrogen (secondary N) is 1. The van der Waals surface area contributed by atoms with Gasteiger partial charge < -0.3 is 10.2 Å². The maximum atomic E-state index is 13.7. The van der Waals surface area contributed by atoms with E-state index in [0.717, 1.165) is 36.1 Å². The second kappa shape index (κ2) is 11.4. The molecular formula is C26H28ClN3O2S. The van der Waals surface area contributed by atoms with Crippen molar-refractivity contribution in [3.63, 3.8) is 0 Å². The molecule has 1 saturated carbocycles. The Hall–Kier alpha value is -2.70. The largest absolute Gasteiger partial charge is 0.351 e. The summed E-state index contributed by atoms with van der Waals surface area (Å²) < 4.78 is 0. The van der Waals surface area contributed by atoms with Gasteiger partial charge in [0.25, 0.3) is 0 Å². The van der Waals surface area contributed by atoms with Crippen LogP contribution in [0.5, 0.6) is 0 Å². The van der Waals surface area contributed by atoms with Crippen LogP contribution in [-0.4, -0.2) is 27.7 Å². The predicted octanol–water partition coefficient (Wildman–Crippen LogP) is 5.56. The van der Waals surface area contributed by atoms with Gasteiger partial charge in [0.15, 0.2) is 0 Å². The van der Waals surface area contributed by atoms with Crippen LogP contribution >= 0.6 is 22.9 Å². The topological polar surface area (TPSA) is 62.3 Å². The Kier molecular flexibility index (Phi) is 8.13. The molecule has 0 radical (unpaired) electrons. The molecule has 1 aliphatic carbocycles. The number of hydrogen-bond donors (Lipinski definition) is 1. The molecule has 0 spiro atoms. The monoisotopic (exact) mass is 481 g/mol. The highest BCUT2D eigenvalue weighted by Gasteiger charge is 2.33. The lowest BCUT2D eigenvalue weighted by Crippen LogP contribution is -2.47. The van der Waals surface area contributed by atoms with E-state index < -0.39 is 6.04 Å². The van der Waals surface area contributed by atoms with Crippen LogP contribution in [0.15, 0.2) is 66.3 Å². The average molecular weight is 482 g/mol. The first kappa shape index (κ1) is 23.5. The van der Waals surface area contributed by atoms with Crippen LogP contribution < -0.4 is 5.32 Å². The summed E-state index contributed by atoms with van der Waals surface area (Å²) in [6.45, 7) is 0.238. The average Bonchev–Trinajstić information content (AvgIpc) is 3.34. The number of nitrogens with zero attached hydrogens (tertiary/aromatic N) is 2. The quantitative estimate of drug-likeness (QED) is 0.458. The third kappa shape index (κ3) is 6.21. The summed E-state index contributed by atoms with van der Waals surface area (Å²) in [4.78, 5) is 34.1. The summed E-state index contributed by atoms with van der Waals surface area (Å²) in [6.07, 6.45) is 8.95. The first-order valence-corrected chi connectivity index (χ1v) is 12.6. The lowest BCUT2D eigenvalue weighted by Gasteiger charge is -2.33. The van der Waals surface area contributed by atoms with E-state index >= 15 is 0 Å². The highest BCUT2D eigenvalue weighted by molar-refractivity contribution is 7.10. The molecule has 1 aliphatic rings. The van der Waals surface area contributed by atoms with Gasteiger partial charge in [0, 0.05) is 40.4 Å². The number of amides is 2. The summed E-state index contributed by atoms with van der Waals surface area (Å²) in [5.74, 6) is -0.286. The Morgan fingerprint density at radius 1 is 1.09 bits per heavy atom. The summed E-state index contributed by atoms with van der Waals surface area (Å²) in [5, 5.41) is 5.75. The van der Waals surface area contributed by atoms with Crippen LogP contribution in [0.3, 0.4) is 0 Å². The van der Waals surface area contributed by atoms with E-state index in [1.807, 2.05) is 41.8 Å². The van der Waals surface area contributed by atoms with Crippen molar-refractivity contribution in [3.8, 4) is 0 Å². The normalized spacial score (nSPS) is 15.1. The molecule has 1 N–H and O–H groups in total. The van der Waals surface area contributed by atoms with Gasteiger partial charge in [0.1, 0.15) is 6.04 Å². The Labute approximate surface area is 203 Å². The van der Waals surface area contributed by atoms with Gasteiger partial charge in [-0.2, -0.15) is 0 Å². The number of carbonyl (C=O) groups is 2. The van der Waals surface area contributed by atoms with E-state index in [4.69, 9.17) is 11.6 Å². The van der Waals surface area contributed by atoms with E-state index in [9.17, 15) is 9.59 Å². The summed E-state index contributed by atoms with van der Waals surface area (Å²) in [7, 11) is 0. The fourth-order valence-corrected chi connectivity index (χ4v) is 5.23. The van der Waals surface area contributed by atoms with Gasteiger partial charge in [0.05, 0.1) is 6.42 Å². The van der Waals surface area contributed by atoms with E-state index in [2.05, 4.69) is 10.3 Å². The minimum atomic E-state index is -0.788. The van der Waals surface area contributed by atoms with Crippen molar-refractivity contribution in [1.82, 2.24) is 15.2 Å². The molecule has 33 heavy (non-hydrogen) atoms. The molecule has 1 fully saturated rings. The molecule has 1 atom stereocenters. The van der Waals surface area contributed by atoms with E-state index in [0.29, 0.717) is 10.6 Å². The van der Waals surface area contributed by atoms with Crippen molar-refractivity contribution in [2.75, 3.05) is 0 Å². The van der Waals surface area contributed by atoms with Gasteiger partial charge in [-0.1, -0.05) is 61.2 Å². The maximum absolute atomic E-state index is 13.7. The van der Waals surface area contributed by atoms with Gasteiger partial charge >= 0.3 is 0 Å². The standard InChI is InChI=1S/C26H28ClN3O2S/c27-23-13-5-4-8-20(23)18-30(24(31)16-22-12-7-15-33-22)25(19-9-6-14-28-17-19)26(32)29-21-10-2-1-3-11-21/h4-9,12-15,17,21,25H,1-3,10-11,16,18H2,(H,29,32)/t25-/m0/s1. The van der Waals surface area contributed by atoms with Crippen LogP contribution in [-0.2, 0) is 22.6 Å². The second-order valence-electron chi connectivity index (χ2n) is 8.40. The molecule has 7 heteroatoms. The summed E-state index contributed by atoms with van der Waals surface area (Å²) in [6, 6.07) is 14.3. The second-order valence-corrected chi connectivity index (χ2v) is 9.84. The molecule has 172 valence electrons.